The summed E-state index contributed by atoms with van der Waals surface area (Å²) in [7, 11) is -3.47. The fourth-order valence-electron chi connectivity index (χ4n) is 2.68. The number of esters is 1. The number of sulfonamides is 1. The minimum Gasteiger partial charge on any atom is -0.461 e. The molecule has 0 unspecified atom stereocenters. The zero-order valence-electron chi connectivity index (χ0n) is 16.4. The SMILES string of the molecule is CCOC(=O)c1nc(-c2ccc(C(F)(F)F)cc2)oc1-c1ccc(NS(C)(=O)=O)cc1. The molecular formula is C20H17F3N2O5S. The number of halogens is 3. The first-order valence-corrected chi connectivity index (χ1v) is 10.8. The molecule has 1 heterocycles. The summed E-state index contributed by atoms with van der Waals surface area (Å²) in [5, 5.41) is 0. The molecule has 0 saturated carbocycles. The van der Waals surface area contributed by atoms with Gasteiger partial charge in [0.05, 0.1) is 18.4 Å². The molecule has 0 aliphatic heterocycles. The molecule has 164 valence electrons. The van der Waals surface area contributed by atoms with Crippen molar-refractivity contribution in [1.29, 1.82) is 0 Å². The van der Waals surface area contributed by atoms with Crippen molar-refractivity contribution in [2.75, 3.05) is 17.6 Å². The Labute approximate surface area is 175 Å². The van der Waals surface area contributed by atoms with Crippen molar-refractivity contribution < 1.29 is 35.5 Å². The number of carbonyl (C=O) groups excluding carboxylic acids is 1. The third-order valence-electron chi connectivity index (χ3n) is 4.01. The van der Waals surface area contributed by atoms with Crippen molar-refractivity contribution >= 4 is 21.7 Å². The van der Waals surface area contributed by atoms with E-state index in [1.54, 1.807) is 6.92 Å². The van der Waals surface area contributed by atoms with E-state index >= 15 is 0 Å². The van der Waals surface area contributed by atoms with Gasteiger partial charge in [-0.3, -0.25) is 4.72 Å². The summed E-state index contributed by atoms with van der Waals surface area (Å²) in [6, 6.07) is 10.1. The average Bonchev–Trinajstić information content (AvgIpc) is 3.12. The molecule has 3 rings (SSSR count). The van der Waals surface area contributed by atoms with Gasteiger partial charge in [-0.25, -0.2) is 18.2 Å². The number of nitrogens with one attached hydrogen (secondary N) is 1. The molecule has 0 spiro atoms. The molecule has 0 atom stereocenters. The normalized spacial score (nSPS) is 11.9. The van der Waals surface area contributed by atoms with Crippen LogP contribution in [0.2, 0.25) is 0 Å². The van der Waals surface area contributed by atoms with E-state index in [-0.39, 0.29) is 29.5 Å². The third kappa shape index (κ3) is 5.43. The number of benzene rings is 2. The van der Waals surface area contributed by atoms with Crippen LogP contribution in [0.3, 0.4) is 0 Å². The molecule has 3 aromatic rings. The minimum atomic E-state index is -4.49. The smallest absolute Gasteiger partial charge is 0.416 e. The molecule has 7 nitrogen and oxygen atoms in total. The number of ether oxygens (including phenoxy) is 1. The second-order valence-electron chi connectivity index (χ2n) is 6.44. The Bertz CT molecular complexity index is 1190. The molecule has 0 amide bonds. The van der Waals surface area contributed by atoms with Crippen LogP contribution >= 0.6 is 0 Å². The molecule has 0 bridgehead atoms. The van der Waals surface area contributed by atoms with Gasteiger partial charge in [-0.1, -0.05) is 0 Å². The lowest BCUT2D eigenvalue weighted by Crippen LogP contribution is -2.09. The van der Waals surface area contributed by atoms with Gasteiger partial charge in [0.15, 0.2) is 11.5 Å². The number of alkyl halides is 3. The highest BCUT2D eigenvalue weighted by Crippen LogP contribution is 2.34. The maximum absolute atomic E-state index is 12.8. The lowest BCUT2D eigenvalue weighted by atomic mass is 10.1. The van der Waals surface area contributed by atoms with Gasteiger partial charge in [-0.05, 0) is 55.5 Å². The number of hydrogen-bond acceptors (Lipinski definition) is 6. The fourth-order valence-corrected chi connectivity index (χ4v) is 3.25. The lowest BCUT2D eigenvalue weighted by molar-refractivity contribution is -0.137. The molecule has 0 saturated heterocycles. The van der Waals surface area contributed by atoms with Crippen LogP contribution in [0.4, 0.5) is 18.9 Å². The highest BCUT2D eigenvalue weighted by molar-refractivity contribution is 7.92. The summed E-state index contributed by atoms with van der Waals surface area (Å²) in [5.74, 6) is -0.790. The van der Waals surface area contributed by atoms with Crippen molar-refractivity contribution in [3.05, 3.63) is 59.8 Å². The van der Waals surface area contributed by atoms with Crippen molar-refractivity contribution in [2.45, 2.75) is 13.1 Å². The molecule has 1 N–H and O–H groups in total. The molecule has 31 heavy (non-hydrogen) atoms. The monoisotopic (exact) mass is 454 g/mol. The zero-order chi connectivity index (χ0) is 22.8. The predicted molar refractivity (Wildman–Crippen MR) is 107 cm³/mol. The summed E-state index contributed by atoms with van der Waals surface area (Å²) in [6.07, 6.45) is -3.48. The molecule has 0 fully saturated rings. The highest BCUT2D eigenvalue weighted by Gasteiger charge is 2.30. The van der Waals surface area contributed by atoms with E-state index in [1.807, 2.05) is 0 Å². The Morgan fingerprint density at radius 3 is 2.16 bits per heavy atom. The Hall–Kier alpha value is -3.34. The Morgan fingerprint density at radius 2 is 1.65 bits per heavy atom. The second kappa shape index (κ2) is 8.42. The minimum absolute atomic E-state index is 0.0410. The molecule has 0 aliphatic rings. The zero-order valence-corrected chi connectivity index (χ0v) is 17.2. The Kier molecular flexibility index (Phi) is 6.07. The topological polar surface area (TPSA) is 98.5 Å². The molecule has 1 aromatic heterocycles. The maximum Gasteiger partial charge on any atom is 0.416 e. The number of rotatable bonds is 6. The van der Waals surface area contributed by atoms with Gasteiger partial charge in [0.2, 0.25) is 15.9 Å². The molecule has 11 heteroatoms. The predicted octanol–water partition coefficient (Wildman–Crippen LogP) is 4.58. The molecule has 0 radical (unpaired) electrons. The van der Waals surface area contributed by atoms with Crippen LogP contribution in [0.5, 0.6) is 0 Å². The van der Waals surface area contributed by atoms with Gasteiger partial charge in [-0.15, -0.1) is 0 Å². The van der Waals surface area contributed by atoms with E-state index in [2.05, 4.69) is 9.71 Å². The largest absolute Gasteiger partial charge is 0.461 e. The number of hydrogen-bond donors (Lipinski definition) is 1. The van der Waals surface area contributed by atoms with Crippen LogP contribution in [0, 0.1) is 0 Å². The summed E-state index contributed by atoms with van der Waals surface area (Å²) >= 11 is 0. The first-order chi connectivity index (χ1) is 14.5. The van der Waals surface area contributed by atoms with E-state index in [9.17, 15) is 26.4 Å². The van der Waals surface area contributed by atoms with Gasteiger partial charge in [-0.2, -0.15) is 13.2 Å². The number of oxazole rings is 1. The van der Waals surface area contributed by atoms with Crippen LogP contribution < -0.4 is 4.72 Å². The quantitative estimate of drug-likeness (QED) is 0.548. The van der Waals surface area contributed by atoms with Crippen molar-refractivity contribution in [3.63, 3.8) is 0 Å². The van der Waals surface area contributed by atoms with E-state index in [0.717, 1.165) is 18.4 Å². The van der Waals surface area contributed by atoms with E-state index < -0.39 is 27.7 Å². The van der Waals surface area contributed by atoms with Crippen molar-refractivity contribution in [1.82, 2.24) is 4.98 Å². The highest BCUT2D eigenvalue weighted by atomic mass is 32.2. The number of carbonyl (C=O) groups is 1. The van der Waals surface area contributed by atoms with Crippen molar-refractivity contribution in [3.8, 4) is 22.8 Å². The van der Waals surface area contributed by atoms with Crippen LogP contribution in [0.15, 0.2) is 52.9 Å². The third-order valence-corrected chi connectivity index (χ3v) is 4.61. The first-order valence-electron chi connectivity index (χ1n) is 8.91. The van der Waals surface area contributed by atoms with Gasteiger partial charge in [0, 0.05) is 16.8 Å². The summed E-state index contributed by atoms with van der Waals surface area (Å²) in [4.78, 5) is 16.5. The van der Waals surface area contributed by atoms with Crippen LogP contribution in [-0.4, -0.2) is 32.2 Å². The number of anilines is 1. The van der Waals surface area contributed by atoms with Gasteiger partial charge < -0.3 is 9.15 Å². The lowest BCUT2D eigenvalue weighted by Gasteiger charge is -2.06. The van der Waals surface area contributed by atoms with Gasteiger partial charge in [0.1, 0.15) is 0 Å². The fraction of sp³-hybridized carbons (Fsp3) is 0.200. The molecule has 2 aromatic carbocycles. The van der Waals surface area contributed by atoms with Crippen molar-refractivity contribution in [2.24, 2.45) is 0 Å². The number of nitrogens with zero attached hydrogens (tertiary/aromatic N) is 1. The summed E-state index contributed by atoms with van der Waals surface area (Å²) in [5.41, 5.74) is -0.0532. The van der Waals surface area contributed by atoms with Gasteiger partial charge in [0.25, 0.3) is 0 Å². The number of aromatic nitrogens is 1. The standard InChI is InChI=1S/C20H17F3N2O5S/c1-3-29-19(26)16-17(12-6-10-15(11-7-12)25-31(2,27)28)30-18(24-16)13-4-8-14(9-5-13)20(21,22)23/h4-11,25H,3H2,1-2H3. The maximum atomic E-state index is 12.8. The van der Waals surface area contributed by atoms with Crippen LogP contribution in [-0.2, 0) is 20.9 Å². The molecular weight excluding hydrogens is 437 g/mol. The van der Waals surface area contributed by atoms with Crippen LogP contribution in [0.25, 0.3) is 22.8 Å². The molecule has 0 aliphatic carbocycles. The Balaban J connectivity index is 2.01. The Morgan fingerprint density at radius 1 is 1.06 bits per heavy atom. The van der Waals surface area contributed by atoms with Gasteiger partial charge >= 0.3 is 12.1 Å². The second-order valence-corrected chi connectivity index (χ2v) is 8.19. The first kappa shape index (κ1) is 22.3. The summed E-state index contributed by atoms with van der Waals surface area (Å²) in [6.45, 7) is 1.69. The van der Waals surface area contributed by atoms with E-state index in [4.69, 9.17) is 9.15 Å². The van der Waals surface area contributed by atoms with E-state index in [0.29, 0.717) is 11.3 Å². The average molecular weight is 454 g/mol. The summed E-state index contributed by atoms with van der Waals surface area (Å²) < 4.78 is 74.1. The van der Waals surface area contributed by atoms with Crippen LogP contribution in [0.1, 0.15) is 23.0 Å². The van der Waals surface area contributed by atoms with E-state index in [1.165, 1.54) is 36.4 Å².